The molecule has 3 aromatic carbocycles. The van der Waals surface area contributed by atoms with Crippen LogP contribution in [0.5, 0.6) is 11.5 Å². The second-order valence-electron chi connectivity index (χ2n) is 18.3. The lowest BCUT2D eigenvalue weighted by Crippen LogP contribution is -2.46. The Kier molecular flexibility index (Phi) is 12.9. The summed E-state index contributed by atoms with van der Waals surface area (Å²) >= 11 is 8.04. The van der Waals surface area contributed by atoms with Gasteiger partial charge in [0.15, 0.2) is 11.6 Å². The van der Waals surface area contributed by atoms with Gasteiger partial charge in [-0.25, -0.2) is 14.5 Å². The van der Waals surface area contributed by atoms with Crippen LogP contribution in [0.15, 0.2) is 82.6 Å². The fourth-order valence-electron chi connectivity index (χ4n) is 9.65. The number of fused-ring (bicyclic) bond motifs is 3. The van der Waals surface area contributed by atoms with E-state index >= 15 is 0 Å². The second-order valence-corrected chi connectivity index (χ2v) is 20.0. The zero-order chi connectivity index (χ0) is 46.4. The molecule has 0 unspecified atom stereocenters. The number of aromatic nitrogens is 6. The lowest BCUT2D eigenvalue weighted by molar-refractivity contribution is -0.138. The molecule has 4 N–H and O–H groups in total. The van der Waals surface area contributed by atoms with Crippen molar-refractivity contribution in [2.75, 3.05) is 39.3 Å². The Morgan fingerprint density at radius 1 is 0.939 bits per heavy atom. The van der Waals surface area contributed by atoms with Crippen molar-refractivity contribution in [2.45, 2.75) is 78.8 Å². The third-order valence-electron chi connectivity index (χ3n) is 13.6. The first-order valence-corrected chi connectivity index (χ1v) is 24.0. The van der Waals surface area contributed by atoms with Gasteiger partial charge in [-0.2, -0.15) is 5.10 Å². The summed E-state index contributed by atoms with van der Waals surface area (Å²) in [6, 6.07) is 18.2. The Morgan fingerprint density at radius 2 is 1.65 bits per heavy atom. The highest BCUT2D eigenvalue weighted by Crippen LogP contribution is 2.41. The van der Waals surface area contributed by atoms with Crippen LogP contribution in [-0.4, -0.2) is 100 Å². The van der Waals surface area contributed by atoms with Crippen molar-refractivity contribution in [3.05, 3.63) is 133 Å². The minimum atomic E-state index is -0.429. The predicted octanol–water partition coefficient (Wildman–Crippen LogP) is 8.17. The van der Waals surface area contributed by atoms with Crippen molar-refractivity contribution in [3.8, 4) is 33.6 Å². The van der Waals surface area contributed by atoms with Crippen LogP contribution in [0, 0.1) is 32.6 Å². The van der Waals surface area contributed by atoms with Gasteiger partial charge in [0.25, 0.3) is 0 Å². The van der Waals surface area contributed by atoms with Crippen molar-refractivity contribution in [3.63, 3.8) is 0 Å². The van der Waals surface area contributed by atoms with E-state index in [1.165, 1.54) is 21.1 Å². The van der Waals surface area contributed by atoms with Crippen LogP contribution in [0.25, 0.3) is 22.1 Å². The monoisotopic (exact) mass is 928 g/mol. The van der Waals surface area contributed by atoms with Crippen LogP contribution >= 0.6 is 22.9 Å². The number of aromatic hydroxyl groups is 2. The lowest BCUT2D eigenvalue weighted by atomic mass is 9.91. The summed E-state index contributed by atoms with van der Waals surface area (Å²) in [7, 11) is 0. The number of rotatable bonds is 12. The highest BCUT2D eigenvalue weighted by atomic mass is 35.5. The molecule has 14 nitrogen and oxygen atoms in total. The maximum atomic E-state index is 13.8. The Labute approximate surface area is 393 Å². The van der Waals surface area contributed by atoms with Crippen LogP contribution in [0.3, 0.4) is 0 Å². The van der Waals surface area contributed by atoms with E-state index < -0.39 is 11.7 Å². The summed E-state index contributed by atoms with van der Waals surface area (Å²) in [6.07, 6.45) is 3.56. The van der Waals surface area contributed by atoms with Crippen molar-refractivity contribution in [2.24, 2.45) is 16.8 Å². The SMILES string of the molecule is C=C(CNCC1CCN(C(=O)C2CCN(Cc3ccc(-n4c(-c5cc(C(C)C)c(O)cc5O)n[nH]c4=O)cc3)CC2)CC1)[C@@H]1N=C(c2ccc(Cl)cc2)c2c(sc(C)c2C)-n2c(C)nnc21. The van der Waals surface area contributed by atoms with E-state index in [0.717, 1.165) is 110 Å². The summed E-state index contributed by atoms with van der Waals surface area (Å²) in [5, 5.41) is 42.4. The van der Waals surface area contributed by atoms with Crippen molar-refractivity contribution in [1.29, 1.82) is 0 Å². The van der Waals surface area contributed by atoms with Gasteiger partial charge in [-0.3, -0.25) is 19.3 Å². The highest BCUT2D eigenvalue weighted by Gasteiger charge is 2.34. The first kappa shape index (κ1) is 45.3. The number of likely N-dealkylation sites (tertiary alicyclic amines) is 2. The number of benzene rings is 3. The molecule has 344 valence electrons. The lowest BCUT2D eigenvalue weighted by Gasteiger charge is -2.37. The van der Waals surface area contributed by atoms with Gasteiger partial charge in [-0.15, -0.1) is 21.5 Å². The summed E-state index contributed by atoms with van der Waals surface area (Å²) in [5.74, 6) is 2.45. The standard InChI is InChI=1S/C50H57ClN10O4S/c1-28(2)39-23-40(42(63)24-41(39)62)46-55-57-50(65)61(46)38-13-7-34(8-14-38)27-58-19-17-36(18-20-58)48(64)59-21-15-33(16-22-59)26-52-25-29(3)44-47-56-54-32(6)60(47)49-43(30(4)31(5)66-49)45(53-44)35-9-11-37(51)12-10-35/h7-14,23-24,28,33,36,44,52,62-63H,3,15-22,25-27H2,1-2,4-6H3,(H,57,65)/t44-/m0/s1. The molecule has 16 heteroatoms. The minimum absolute atomic E-state index is 0.00234. The van der Waals surface area contributed by atoms with Crippen LogP contribution in [-0.2, 0) is 11.3 Å². The van der Waals surface area contributed by atoms with Crippen LogP contribution in [0.2, 0.25) is 5.02 Å². The number of halogens is 1. The van der Waals surface area contributed by atoms with Crippen LogP contribution in [0.1, 0.15) is 95.8 Å². The molecule has 6 aromatic rings. The largest absolute Gasteiger partial charge is 0.508 e. The molecule has 6 heterocycles. The maximum Gasteiger partial charge on any atom is 0.348 e. The fourth-order valence-corrected chi connectivity index (χ4v) is 11.0. The molecule has 0 aliphatic carbocycles. The molecule has 3 aliphatic heterocycles. The number of aryl methyl sites for hydroxylation is 2. The van der Waals surface area contributed by atoms with E-state index in [0.29, 0.717) is 34.3 Å². The fraction of sp³-hybridized carbons (Fsp3) is 0.400. The Hall–Kier alpha value is -5.87. The maximum absolute atomic E-state index is 13.8. The summed E-state index contributed by atoms with van der Waals surface area (Å²) in [6.45, 7) is 20.1. The number of carbonyl (C=O) groups is 1. The first-order valence-electron chi connectivity index (χ1n) is 22.8. The molecule has 3 aromatic heterocycles. The molecule has 0 spiro atoms. The molecule has 66 heavy (non-hydrogen) atoms. The number of thiophene rings is 1. The average Bonchev–Trinajstić information content (AvgIpc) is 3.94. The van der Waals surface area contributed by atoms with E-state index in [-0.39, 0.29) is 35.1 Å². The van der Waals surface area contributed by atoms with E-state index in [1.54, 1.807) is 17.4 Å². The number of carbonyl (C=O) groups excluding carboxylic acids is 1. The number of phenolic OH excluding ortho intramolecular Hbond substituents is 2. The average molecular weight is 930 g/mol. The highest BCUT2D eigenvalue weighted by molar-refractivity contribution is 7.15. The predicted molar refractivity (Wildman–Crippen MR) is 260 cm³/mol. The number of H-pyrrole nitrogens is 1. The molecule has 0 saturated carbocycles. The number of amides is 1. The topological polar surface area (TPSA) is 170 Å². The number of hydrogen-bond acceptors (Lipinski definition) is 11. The van der Waals surface area contributed by atoms with E-state index in [2.05, 4.69) is 60.5 Å². The second kappa shape index (κ2) is 18.8. The minimum Gasteiger partial charge on any atom is -0.508 e. The summed E-state index contributed by atoms with van der Waals surface area (Å²) in [4.78, 5) is 37.8. The van der Waals surface area contributed by atoms with Gasteiger partial charge >= 0.3 is 5.69 Å². The van der Waals surface area contributed by atoms with Gasteiger partial charge in [-0.05, 0) is 131 Å². The molecular weight excluding hydrogens is 872 g/mol. The zero-order valence-electron chi connectivity index (χ0n) is 38.1. The first-order chi connectivity index (χ1) is 31.7. The molecule has 1 amide bonds. The van der Waals surface area contributed by atoms with Gasteiger partial charge in [0.2, 0.25) is 5.91 Å². The Balaban J connectivity index is 0.759. The molecule has 0 bridgehead atoms. The third-order valence-corrected chi connectivity index (χ3v) is 15.0. The number of nitrogens with zero attached hydrogens (tertiary/aromatic N) is 8. The van der Waals surface area contributed by atoms with Crippen molar-refractivity contribution >= 4 is 34.6 Å². The Morgan fingerprint density at radius 3 is 2.35 bits per heavy atom. The van der Waals surface area contributed by atoms with Gasteiger partial charge in [-0.1, -0.05) is 56.3 Å². The van der Waals surface area contributed by atoms with Gasteiger partial charge < -0.3 is 20.4 Å². The molecule has 9 rings (SSSR count). The summed E-state index contributed by atoms with van der Waals surface area (Å²) < 4.78 is 3.58. The van der Waals surface area contributed by atoms with Gasteiger partial charge in [0, 0.05) is 59.2 Å². The van der Waals surface area contributed by atoms with E-state index in [9.17, 15) is 19.8 Å². The molecule has 3 aliphatic rings. The summed E-state index contributed by atoms with van der Waals surface area (Å²) in [5.41, 5.74) is 7.40. The molecule has 0 radical (unpaired) electrons. The quantitative estimate of drug-likeness (QED) is 0.0885. The molecule has 2 saturated heterocycles. The number of phenols is 2. The number of aliphatic imine (C=N–C) groups is 1. The van der Waals surface area contributed by atoms with Crippen molar-refractivity contribution < 1.29 is 15.0 Å². The van der Waals surface area contributed by atoms with Crippen molar-refractivity contribution in [1.82, 2.24) is 44.6 Å². The van der Waals surface area contributed by atoms with Crippen LogP contribution in [0.4, 0.5) is 0 Å². The third kappa shape index (κ3) is 8.88. The zero-order valence-corrected chi connectivity index (χ0v) is 39.7. The Bertz CT molecular complexity index is 2860. The van der Waals surface area contributed by atoms with E-state index in [1.807, 2.05) is 69.3 Å². The smallest absolute Gasteiger partial charge is 0.348 e. The molecule has 1 atom stereocenters. The molecule has 2 fully saturated rings. The number of hydrogen-bond donors (Lipinski definition) is 4. The van der Waals surface area contributed by atoms with Gasteiger partial charge in [0.05, 0.1) is 17.0 Å². The molecular formula is C50H57ClN10O4S. The van der Waals surface area contributed by atoms with E-state index in [4.69, 9.17) is 16.6 Å². The number of piperidine rings is 2. The van der Waals surface area contributed by atoms with Gasteiger partial charge in [0.1, 0.15) is 28.4 Å². The van der Waals surface area contributed by atoms with Crippen LogP contribution < -0.4 is 11.0 Å². The normalized spacial score (nSPS) is 17.2. The number of nitrogens with one attached hydrogen (secondary N) is 2. The number of aromatic amines is 1.